The summed E-state index contributed by atoms with van der Waals surface area (Å²) in [5.41, 5.74) is 7.18. The summed E-state index contributed by atoms with van der Waals surface area (Å²) in [7, 11) is 0. The monoisotopic (exact) mass is 280 g/mol. The second kappa shape index (κ2) is 5.93. The minimum absolute atomic E-state index is 0.0371. The molecule has 3 nitrogen and oxygen atoms in total. The minimum Gasteiger partial charge on any atom is -0.334 e. The molecular formula is C15H21ClN2O. The Bertz CT molecular complexity index is 461. The number of benzene rings is 1. The molecule has 1 aliphatic heterocycles. The van der Waals surface area contributed by atoms with Gasteiger partial charge in [-0.05, 0) is 30.0 Å². The van der Waals surface area contributed by atoms with Crippen molar-refractivity contribution in [2.24, 2.45) is 11.7 Å². The molecule has 2 N–H and O–H groups in total. The van der Waals surface area contributed by atoms with Crippen molar-refractivity contribution in [3.8, 4) is 0 Å². The van der Waals surface area contributed by atoms with Crippen LogP contribution in [-0.2, 0) is 4.79 Å². The summed E-state index contributed by atoms with van der Waals surface area (Å²) in [6.07, 6.45) is 1.42. The van der Waals surface area contributed by atoms with Gasteiger partial charge in [0.15, 0.2) is 0 Å². The van der Waals surface area contributed by atoms with Gasteiger partial charge in [-0.3, -0.25) is 4.79 Å². The summed E-state index contributed by atoms with van der Waals surface area (Å²) < 4.78 is 0. The van der Waals surface area contributed by atoms with Gasteiger partial charge in [-0.15, -0.1) is 0 Å². The SMILES string of the molecule is CC(C)CCN1C(=O)CC(N)C1c1cccc(Cl)c1. The first kappa shape index (κ1) is 14.4. The first-order valence-electron chi connectivity index (χ1n) is 6.79. The number of rotatable bonds is 4. The molecule has 0 spiro atoms. The highest BCUT2D eigenvalue weighted by atomic mass is 35.5. The lowest BCUT2D eigenvalue weighted by molar-refractivity contribution is -0.129. The van der Waals surface area contributed by atoms with Crippen LogP contribution in [0.3, 0.4) is 0 Å². The van der Waals surface area contributed by atoms with Gasteiger partial charge >= 0.3 is 0 Å². The smallest absolute Gasteiger partial charge is 0.224 e. The Morgan fingerprint density at radius 3 is 2.84 bits per heavy atom. The van der Waals surface area contributed by atoms with Crippen molar-refractivity contribution in [2.45, 2.75) is 38.8 Å². The van der Waals surface area contributed by atoms with E-state index in [2.05, 4.69) is 13.8 Å². The highest BCUT2D eigenvalue weighted by Gasteiger charge is 2.38. The topological polar surface area (TPSA) is 46.3 Å². The lowest BCUT2D eigenvalue weighted by atomic mass is 10.0. The van der Waals surface area contributed by atoms with Gasteiger partial charge in [0.1, 0.15) is 0 Å². The molecule has 0 bridgehead atoms. The van der Waals surface area contributed by atoms with E-state index in [9.17, 15) is 4.79 Å². The largest absolute Gasteiger partial charge is 0.334 e. The van der Waals surface area contributed by atoms with Crippen molar-refractivity contribution < 1.29 is 4.79 Å². The van der Waals surface area contributed by atoms with Crippen molar-refractivity contribution in [2.75, 3.05) is 6.54 Å². The molecule has 1 heterocycles. The van der Waals surface area contributed by atoms with Crippen molar-refractivity contribution in [3.05, 3.63) is 34.9 Å². The molecule has 1 aromatic carbocycles. The Labute approximate surface area is 119 Å². The Kier molecular flexibility index (Phi) is 4.48. The Balaban J connectivity index is 2.22. The van der Waals surface area contributed by atoms with Crippen LogP contribution in [0.2, 0.25) is 5.02 Å². The number of halogens is 1. The van der Waals surface area contributed by atoms with Crippen LogP contribution in [0.1, 0.15) is 38.3 Å². The van der Waals surface area contributed by atoms with E-state index in [1.54, 1.807) is 0 Å². The number of hydrogen-bond acceptors (Lipinski definition) is 2. The zero-order valence-electron chi connectivity index (χ0n) is 11.5. The second-order valence-corrected chi connectivity index (χ2v) is 6.07. The highest BCUT2D eigenvalue weighted by Crippen LogP contribution is 2.33. The van der Waals surface area contributed by atoms with E-state index >= 15 is 0 Å². The summed E-state index contributed by atoms with van der Waals surface area (Å²) in [4.78, 5) is 14.0. The van der Waals surface area contributed by atoms with Gasteiger partial charge in [0.25, 0.3) is 0 Å². The van der Waals surface area contributed by atoms with Gasteiger partial charge in [0.05, 0.1) is 6.04 Å². The van der Waals surface area contributed by atoms with Crippen molar-refractivity contribution in [1.29, 1.82) is 0 Å². The fourth-order valence-electron chi connectivity index (χ4n) is 2.60. The predicted octanol–water partition coefficient (Wildman–Crippen LogP) is 2.99. The first-order chi connectivity index (χ1) is 8.99. The van der Waals surface area contributed by atoms with E-state index in [4.69, 9.17) is 17.3 Å². The van der Waals surface area contributed by atoms with Gasteiger partial charge in [-0.25, -0.2) is 0 Å². The van der Waals surface area contributed by atoms with Gasteiger partial charge in [0, 0.05) is 24.0 Å². The summed E-state index contributed by atoms with van der Waals surface area (Å²) in [6, 6.07) is 7.48. The number of nitrogens with zero attached hydrogens (tertiary/aromatic N) is 1. The molecule has 1 aromatic rings. The number of carbonyl (C=O) groups excluding carboxylic acids is 1. The van der Waals surface area contributed by atoms with Crippen LogP contribution >= 0.6 is 11.6 Å². The average molecular weight is 281 g/mol. The maximum atomic E-state index is 12.1. The number of nitrogens with two attached hydrogens (primary N) is 1. The number of likely N-dealkylation sites (tertiary alicyclic amines) is 1. The quantitative estimate of drug-likeness (QED) is 0.922. The van der Waals surface area contributed by atoms with Gasteiger partial charge in [0.2, 0.25) is 5.91 Å². The van der Waals surface area contributed by atoms with Crippen LogP contribution in [0, 0.1) is 5.92 Å². The normalized spacial score (nSPS) is 23.4. The third-order valence-corrected chi connectivity index (χ3v) is 3.84. The lowest BCUT2D eigenvalue weighted by Gasteiger charge is -2.28. The third kappa shape index (κ3) is 3.28. The van der Waals surface area contributed by atoms with E-state index < -0.39 is 0 Å². The number of carbonyl (C=O) groups is 1. The van der Waals surface area contributed by atoms with Crippen LogP contribution in [0.5, 0.6) is 0 Å². The lowest BCUT2D eigenvalue weighted by Crippen LogP contribution is -2.34. The third-order valence-electron chi connectivity index (χ3n) is 3.61. The Hall–Kier alpha value is -1.06. The molecule has 1 saturated heterocycles. The maximum absolute atomic E-state index is 12.1. The molecule has 19 heavy (non-hydrogen) atoms. The van der Waals surface area contributed by atoms with Crippen molar-refractivity contribution in [3.63, 3.8) is 0 Å². The van der Waals surface area contributed by atoms with E-state index in [0.717, 1.165) is 18.5 Å². The van der Waals surface area contributed by atoms with Crippen molar-refractivity contribution >= 4 is 17.5 Å². The van der Waals surface area contributed by atoms with E-state index in [1.807, 2.05) is 29.2 Å². The van der Waals surface area contributed by atoms with Gasteiger partial charge in [-0.1, -0.05) is 37.6 Å². The molecule has 2 unspecified atom stereocenters. The maximum Gasteiger partial charge on any atom is 0.224 e. The number of amides is 1. The van der Waals surface area contributed by atoms with Crippen LogP contribution in [0.25, 0.3) is 0 Å². The fraction of sp³-hybridized carbons (Fsp3) is 0.533. The molecule has 1 amide bonds. The Morgan fingerprint density at radius 1 is 1.47 bits per heavy atom. The summed E-state index contributed by atoms with van der Waals surface area (Å²) in [6.45, 7) is 5.09. The molecule has 0 aliphatic carbocycles. The minimum atomic E-state index is -0.141. The summed E-state index contributed by atoms with van der Waals surface area (Å²) in [5, 5.41) is 0.688. The zero-order chi connectivity index (χ0) is 14.0. The van der Waals surface area contributed by atoms with Crippen LogP contribution in [0.15, 0.2) is 24.3 Å². The number of hydrogen-bond donors (Lipinski definition) is 1. The molecule has 1 fully saturated rings. The Morgan fingerprint density at radius 2 is 2.21 bits per heavy atom. The summed E-state index contributed by atoms with van der Waals surface area (Å²) in [5.74, 6) is 0.725. The highest BCUT2D eigenvalue weighted by molar-refractivity contribution is 6.30. The molecule has 1 aliphatic rings. The van der Waals surface area contributed by atoms with Gasteiger partial charge < -0.3 is 10.6 Å². The zero-order valence-corrected chi connectivity index (χ0v) is 12.2. The van der Waals surface area contributed by atoms with E-state index in [0.29, 0.717) is 17.4 Å². The summed E-state index contributed by atoms with van der Waals surface area (Å²) >= 11 is 6.04. The molecule has 2 rings (SSSR count). The second-order valence-electron chi connectivity index (χ2n) is 5.64. The van der Waals surface area contributed by atoms with Gasteiger partial charge in [-0.2, -0.15) is 0 Å². The van der Waals surface area contributed by atoms with E-state index in [-0.39, 0.29) is 18.0 Å². The molecule has 104 valence electrons. The van der Waals surface area contributed by atoms with Crippen molar-refractivity contribution in [1.82, 2.24) is 4.90 Å². The molecule has 0 radical (unpaired) electrons. The standard InChI is InChI=1S/C15H21ClN2O/c1-10(2)6-7-18-14(19)9-13(17)15(18)11-4-3-5-12(16)8-11/h3-5,8,10,13,15H,6-7,9,17H2,1-2H3. The molecule has 4 heteroatoms. The average Bonchev–Trinajstić information content (AvgIpc) is 2.61. The van der Waals surface area contributed by atoms with Crippen LogP contribution in [0.4, 0.5) is 0 Å². The van der Waals surface area contributed by atoms with E-state index in [1.165, 1.54) is 0 Å². The molecule has 0 aromatic heterocycles. The van der Waals surface area contributed by atoms with Crippen LogP contribution < -0.4 is 5.73 Å². The first-order valence-corrected chi connectivity index (χ1v) is 7.17. The fourth-order valence-corrected chi connectivity index (χ4v) is 2.79. The molecule has 2 atom stereocenters. The van der Waals surface area contributed by atoms with Crippen LogP contribution in [-0.4, -0.2) is 23.4 Å². The molecule has 0 saturated carbocycles. The molecular weight excluding hydrogens is 260 g/mol. The predicted molar refractivity (Wildman–Crippen MR) is 78.0 cm³/mol.